The van der Waals surface area contributed by atoms with Crippen LogP contribution in [0.2, 0.25) is 5.02 Å². The Hall–Kier alpha value is -1.95. The molecule has 2 rings (SSSR count). The van der Waals surface area contributed by atoms with Crippen molar-refractivity contribution < 1.29 is 24.2 Å². The standard InChI is InChI=1S/C12H12ClNO5/c13-8-3-7(9(14-6-15)5-11(16)17)4-10-12(8)19-2-1-18-10/h3-4,6,9H,1-2,5H2,(H,14,15)(H,16,17)/t9-/m1/s1. The molecule has 102 valence electrons. The highest BCUT2D eigenvalue weighted by Crippen LogP contribution is 2.40. The van der Waals surface area contributed by atoms with Gasteiger partial charge in [-0.15, -0.1) is 0 Å². The van der Waals surface area contributed by atoms with E-state index in [1.165, 1.54) is 0 Å². The molecule has 1 heterocycles. The van der Waals surface area contributed by atoms with E-state index >= 15 is 0 Å². The molecule has 19 heavy (non-hydrogen) atoms. The van der Waals surface area contributed by atoms with E-state index in [0.29, 0.717) is 41.7 Å². The predicted molar refractivity (Wildman–Crippen MR) is 66.6 cm³/mol. The lowest BCUT2D eigenvalue weighted by Gasteiger charge is -2.22. The van der Waals surface area contributed by atoms with E-state index in [1.54, 1.807) is 12.1 Å². The van der Waals surface area contributed by atoms with Crippen LogP contribution in [0.5, 0.6) is 11.5 Å². The first-order valence-electron chi connectivity index (χ1n) is 5.62. The highest BCUT2D eigenvalue weighted by molar-refractivity contribution is 6.32. The van der Waals surface area contributed by atoms with Crippen LogP contribution in [0.1, 0.15) is 18.0 Å². The first-order valence-corrected chi connectivity index (χ1v) is 6.00. The molecule has 0 saturated heterocycles. The molecule has 1 aliphatic heterocycles. The van der Waals surface area contributed by atoms with Crippen molar-refractivity contribution in [3.05, 3.63) is 22.7 Å². The number of carbonyl (C=O) groups is 2. The minimum absolute atomic E-state index is 0.241. The molecule has 0 aromatic heterocycles. The van der Waals surface area contributed by atoms with Gasteiger partial charge in [0.15, 0.2) is 11.5 Å². The molecule has 0 aliphatic carbocycles. The molecule has 1 aliphatic rings. The summed E-state index contributed by atoms with van der Waals surface area (Å²) in [6.45, 7) is 0.814. The van der Waals surface area contributed by atoms with Gasteiger partial charge in [0.05, 0.1) is 17.5 Å². The van der Waals surface area contributed by atoms with E-state index in [9.17, 15) is 9.59 Å². The van der Waals surface area contributed by atoms with Crippen LogP contribution in [0.4, 0.5) is 0 Å². The third-order valence-corrected chi connectivity index (χ3v) is 2.95. The topological polar surface area (TPSA) is 84.9 Å². The van der Waals surface area contributed by atoms with Crippen LogP contribution in [0, 0.1) is 0 Å². The van der Waals surface area contributed by atoms with Crippen LogP contribution < -0.4 is 14.8 Å². The van der Waals surface area contributed by atoms with Crippen LogP contribution in [-0.4, -0.2) is 30.7 Å². The number of hydrogen-bond donors (Lipinski definition) is 2. The quantitative estimate of drug-likeness (QED) is 0.798. The summed E-state index contributed by atoms with van der Waals surface area (Å²) in [7, 11) is 0. The van der Waals surface area contributed by atoms with Crippen LogP contribution >= 0.6 is 11.6 Å². The number of hydrogen-bond acceptors (Lipinski definition) is 4. The van der Waals surface area contributed by atoms with Gasteiger partial charge >= 0.3 is 5.97 Å². The number of carbonyl (C=O) groups excluding carboxylic acids is 1. The van der Waals surface area contributed by atoms with Gasteiger partial charge in [-0.2, -0.15) is 0 Å². The van der Waals surface area contributed by atoms with E-state index in [-0.39, 0.29) is 6.42 Å². The van der Waals surface area contributed by atoms with E-state index in [1.807, 2.05) is 0 Å². The predicted octanol–water partition coefficient (Wildman–Crippen LogP) is 1.37. The summed E-state index contributed by atoms with van der Waals surface area (Å²) in [5, 5.41) is 11.6. The number of amides is 1. The number of aliphatic carboxylic acids is 1. The zero-order valence-electron chi connectivity index (χ0n) is 9.89. The molecule has 0 bridgehead atoms. The monoisotopic (exact) mass is 285 g/mol. The highest BCUT2D eigenvalue weighted by atomic mass is 35.5. The number of ether oxygens (including phenoxy) is 2. The van der Waals surface area contributed by atoms with Crippen LogP contribution in [0.25, 0.3) is 0 Å². The summed E-state index contributed by atoms with van der Waals surface area (Å²) >= 11 is 6.06. The molecule has 0 unspecified atom stereocenters. The number of fused-ring (bicyclic) bond motifs is 1. The smallest absolute Gasteiger partial charge is 0.305 e. The van der Waals surface area contributed by atoms with E-state index in [0.717, 1.165) is 0 Å². The molecule has 0 spiro atoms. The van der Waals surface area contributed by atoms with Gasteiger partial charge in [-0.3, -0.25) is 9.59 Å². The van der Waals surface area contributed by atoms with E-state index in [2.05, 4.69) is 5.32 Å². The fourth-order valence-electron chi connectivity index (χ4n) is 1.86. The Bertz CT molecular complexity index is 505. The molecule has 1 aromatic carbocycles. The third-order valence-electron chi connectivity index (χ3n) is 2.67. The van der Waals surface area contributed by atoms with Crippen molar-refractivity contribution in [1.29, 1.82) is 0 Å². The van der Waals surface area contributed by atoms with Gasteiger partial charge in [0, 0.05) is 0 Å². The van der Waals surface area contributed by atoms with Crippen LogP contribution in [0.3, 0.4) is 0 Å². The Morgan fingerprint density at radius 3 is 2.89 bits per heavy atom. The zero-order chi connectivity index (χ0) is 13.8. The summed E-state index contributed by atoms with van der Waals surface area (Å²) in [5.41, 5.74) is 0.559. The van der Waals surface area contributed by atoms with Gasteiger partial charge in [-0.25, -0.2) is 0 Å². The minimum atomic E-state index is -1.02. The van der Waals surface area contributed by atoms with Crippen LogP contribution in [-0.2, 0) is 9.59 Å². The second kappa shape index (κ2) is 5.79. The first-order chi connectivity index (χ1) is 9.11. The summed E-state index contributed by atoms with van der Waals surface area (Å²) in [4.78, 5) is 21.3. The number of rotatable bonds is 5. The van der Waals surface area contributed by atoms with Crippen LogP contribution in [0.15, 0.2) is 12.1 Å². The first kappa shape index (κ1) is 13.5. The number of carboxylic acid groups (broad SMARTS) is 1. The molecule has 0 saturated carbocycles. The van der Waals surface area contributed by atoms with E-state index in [4.69, 9.17) is 26.2 Å². The SMILES string of the molecule is O=CN[C@H](CC(=O)O)c1cc(Cl)c2c(c1)OCCO2. The molecule has 7 heteroatoms. The van der Waals surface area contributed by atoms with Gasteiger partial charge in [0.25, 0.3) is 0 Å². The van der Waals surface area contributed by atoms with Gasteiger partial charge in [-0.05, 0) is 17.7 Å². The number of nitrogens with one attached hydrogen (secondary N) is 1. The van der Waals surface area contributed by atoms with Crippen molar-refractivity contribution >= 4 is 24.0 Å². The van der Waals surface area contributed by atoms with Crippen molar-refractivity contribution in [2.75, 3.05) is 13.2 Å². The Morgan fingerprint density at radius 2 is 2.21 bits per heavy atom. The van der Waals surface area contributed by atoms with E-state index < -0.39 is 12.0 Å². The molecule has 6 nitrogen and oxygen atoms in total. The lowest BCUT2D eigenvalue weighted by molar-refractivity contribution is -0.137. The van der Waals surface area contributed by atoms with Gasteiger partial charge in [0.1, 0.15) is 13.2 Å². The Kier molecular flexibility index (Phi) is 4.11. The minimum Gasteiger partial charge on any atom is -0.486 e. The second-order valence-electron chi connectivity index (χ2n) is 3.96. The maximum absolute atomic E-state index is 10.8. The normalized spacial score (nSPS) is 14.6. The molecule has 1 atom stereocenters. The Balaban J connectivity index is 2.34. The Labute approximate surface area is 114 Å². The zero-order valence-corrected chi connectivity index (χ0v) is 10.6. The summed E-state index contributed by atoms with van der Waals surface area (Å²) in [5.74, 6) is -0.126. The summed E-state index contributed by atoms with van der Waals surface area (Å²) < 4.78 is 10.8. The van der Waals surface area contributed by atoms with Crippen molar-refractivity contribution in [2.45, 2.75) is 12.5 Å². The molecule has 1 aromatic rings. The highest BCUT2D eigenvalue weighted by Gasteiger charge is 2.21. The largest absolute Gasteiger partial charge is 0.486 e. The molecular weight excluding hydrogens is 274 g/mol. The van der Waals surface area contributed by atoms with Crippen molar-refractivity contribution in [1.82, 2.24) is 5.32 Å². The van der Waals surface area contributed by atoms with Gasteiger partial charge in [-0.1, -0.05) is 11.6 Å². The lowest BCUT2D eigenvalue weighted by Crippen LogP contribution is -2.23. The maximum Gasteiger partial charge on any atom is 0.305 e. The average molecular weight is 286 g/mol. The molecule has 1 amide bonds. The fourth-order valence-corrected chi connectivity index (χ4v) is 2.14. The summed E-state index contributed by atoms with van der Waals surface area (Å²) in [6.07, 6.45) is 0.215. The molecule has 0 radical (unpaired) electrons. The molecule has 0 fully saturated rings. The third kappa shape index (κ3) is 3.08. The Morgan fingerprint density at radius 1 is 1.47 bits per heavy atom. The van der Waals surface area contributed by atoms with Crippen molar-refractivity contribution in [3.8, 4) is 11.5 Å². The second-order valence-corrected chi connectivity index (χ2v) is 4.37. The number of benzene rings is 1. The molecular formula is C12H12ClNO5. The van der Waals surface area contributed by atoms with Crippen molar-refractivity contribution in [3.63, 3.8) is 0 Å². The van der Waals surface area contributed by atoms with Crippen molar-refractivity contribution in [2.24, 2.45) is 0 Å². The maximum atomic E-state index is 10.8. The average Bonchev–Trinajstić information content (AvgIpc) is 2.38. The number of halogens is 1. The number of carboxylic acids is 1. The summed E-state index contributed by atoms with van der Waals surface area (Å²) in [6, 6.07) is 2.53. The molecule has 2 N–H and O–H groups in total. The fraction of sp³-hybridized carbons (Fsp3) is 0.333. The van der Waals surface area contributed by atoms with Gasteiger partial charge < -0.3 is 19.9 Å². The lowest BCUT2D eigenvalue weighted by atomic mass is 10.0. The van der Waals surface area contributed by atoms with Gasteiger partial charge in [0.2, 0.25) is 6.41 Å².